The van der Waals surface area contributed by atoms with Gasteiger partial charge in [-0.15, -0.1) is 0 Å². The average Bonchev–Trinajstić information content (AvgIpc) is 3.14. The highest BCUT2D eigenvalue weighted by molar-refractivity contribution is 5.93. The maximum Gasteiger partial charge on any atom is 0.318 e. The van der Waals surface area contributed by atoms with Crippen LogP contribution in [0.25, 0.3) is 11.1 Å². The molecule has 1 saturated carbocycles. The Hall–Kier alpha value is -2.21. The summed E-state index contributed by atoms with van der Waals surface area (Å²) in [6.45, 7) is 2.94. The van der Waals surface area contributed by atoms with Crippen LogP contribution in [0.5, 0.6) is 0 Å². The number of rotatable bonds is 9. The first-order valence-corrected chi connectivity index (χ1v) is 11.3. The molecule has 2 aromatic rings. The second-order valence-corrected chi connectivity index (χ2v) is 8.46. The standard InChI is InChI=1S/C26H33NO4/c1-29-17-15-27(16-18-30-2)23-13-7-8-14-24(23)31-26(28)25-21-11-5-3-9-19(21)20-10-4-6-12-22(20)25/h3-6,9-12,23-25H,7-8,13-18H2,1-2H3. The molecule has 166 valence electrons. The Balaban J connectivity index is 1.55. The van der Waals surface area contributed by atoms with Crippen LogP contribution in [0.3, 0.4) is 0 Å². The van der Waals surface area contributed by atoms with Crippen LogP contribution in [-0.2, 0) is 19.0 Å². The lowest BCUT2D eigenvalue weighted by Gasteiger charge is -2.39. The molecule has 0 amide bonds. The lowest BCUT2D eigenvalue weighted by Crippen LogP contribution is -2.49. The molecule has 0 spiro atoms. The second-order valence-electron chi connectivity index (χ2n) is 8.46. The Morgan fingerprint density at radius 3 is 2.00 bits per heavy atom. The molecule has 4 rings (SSSR count). The van der Waals surface area contributed by atoms with Gasteiger partial charge in [0.05, 0.1) is 13.2 Å². The predicted molar refractivity (Wildman–Crippen MR) is 121 cm³/mol. The summed E-state index contributed by atoms with van der Waals surface area (Å²) in [5.74, 6) is -0.478. The minimum Gasteiger partial charge on any atom is -0.460 e. The highest BCUT2D eigenvalue weighted by atomic mass is 16.5. The van der Waals surface area contributed by atoms with Gasteiger partial charge in [-0.2, -0.15) is 0 Å². The number of ether oxygens (including phenoxy) is 3. The van der Waals surface area contributed by atoms with E-state index in [4.69, 9.17) is 14.2 Å². The zero-order valence-electron chi connectivity index (χ0n) is 18.6. The van der Waals surface area contributed by atoms with Crippen molar-refractivity contribution in [2.75, 3.05) is 40.5 Å². The van der Waals surface area contributed by atoms with Crippen LogP contribution >= 0.6 is 0 Å². The molecule has 31 heavy (non-hydrogen) atoms. The number of fused-ring (bicyclic) bond motifs is 3. The van der Waals surface area contributed by atoms with Crippen molar-refractivity contribution in [3.63, 3.8) is 0 Å². The van der Waals surface area contributed by atoms with E-state index < -0.39 is 0 Å². The molecule has 0 bridgehead atoms. The first kappa shape index (κ1) is 22.0. The zero-order chi connectivity index (χ0) is 21.6. The van der Waals surface area contributed by atoms with Gasteiger partial charge in [0.25, 0.3) is 0 Å². The van der Waals surface area contributed by atoms with Crippen molar-refractivity contribution in [3.8, 4) is 11.1 Å². The third kappa shape index (κ3) is 4.69. The number of carbonyl (C=O) groups excluding carboxylic acids is 1. The Morgan fingerprint density at radius 2 is 1.42 bits per heavy atom. The molecule has 5 heteroatoms. The SMILES string of the molecule is COCCN(CCOC)C1CCCCC1OC(=O)C1c2ccccc2-c2ccccc21. The fraction of sp³-hybridized carbons (Fsp3) is 0.500. The molecule has 2 aromatic carbocycles. The van der Waals surface area contributed by atoms with Gasteiger partial charge in [0.1, 0.15) is 12.0 Å². The van der Waals surface area contributed by atoms with Gasteiger partial charge in [0, 0.05) is 33.4 Å². The third-order valence-electron chi connectivity index (χ3n) is 6.64. The van der Waals surface area contributed by atoms with Crippen molar-refractivity contribution in [3.05, 3.63) is 59.7 Å². The topological polar surface area (TPSA) is 48.0 Å². The highest BCUT2D eigenvalue weighted by Gasteiger charge is 2.38. The smallest absolute Gasteiger partial charge is 0.318 e. The van der Waals surface area contributed by atoms with E-state index in [1.54, 1.807) is 14.2 Å². The normalized spacial score (nSPS) is 20.5. The molecule has 0 saturated heterocycles. The quantitative estimate of drug-likeness (QED) is 0.565. The number of esters is 1. The third-order valence-corrected chi connectivity index (χ3v) is 6.64. The van der Waals surface area contributed by atoms with Crippen molar-refractivity contribution in [2.24, 2.45) is 0 Å². The minimum atomic E-state index is -0.346. The molecule has 0 heterocycles. The van der Waals surface area contributed by atoms with Crippen molar-refractivity contribution < 1.29 is 19.0 Å². The summed E-state index contributed by atoms with van der Waals surface area (Å²) in [5, 5.41) is 0. The van der Waals surface area contributed by atoms with E-state index in [2.05, 4.69) is 29.2 Å². The van der Waals surface area contributed by atoms with E-state index in [9.17, 15) is 4.79 Å². The van der Waals surface area contributed by atoms with Crippen molar-refractivity contribution >= 4 is 5.97 Å². The fourth-order valence-corrected chi connectivity index (χ4v) is 5.12. The molecule has 2 aliphatic carbocycles. The molecule has 0 aliphatic heterocycles. The number of methoxy groups -OCH3 is 2. The second kappa shape index (κ2) is 10.4. The van der Waals surface area contributed by atoms with Crippen LogP contribution < -0.4 is 0 Å². The maximum atomic E-state index is 13.5. The fourth-order valence-electron chi connectivity index (χ4n) is 5.12. The van der Waals surface area contributed by atoms with E-state index in [0.29, 0.717) is 13.2 Å². The van der Waals surface area contributed by atoms with Gasteiger partial charge >= 0.3 is 5.97 Å². The number of nitrogens with zero attached hydrogens (tertiary/aromatic N) is 1. The van der Waals surface area contributed by atoms with E-state index in [1.807, 2.05) is 24.3 Å². The Bertz CT molecular complexity index is 830. The van der Waals surface area contributed by atoms with Crippen LogP contribution in [-0.4, -0.2) is 63.5 Å². The summed E-state index contributed by atoms with van der Waals surface area (Å²) in [7, 11) is 3.45. The largest absolute Gasteiger partial charge is 0.460 e. The molecule has 0 N–H and O–H groups in total. The summed E-state index contributed by atoms with van der Waals surface area (Å²) >= 11 is 0. The van der Waals surface area contributed by atoms with E-state index in [1.165, 1.54) is 0 Å². The van der Waals surface area contributed by atoms with Gasteiger partial charge < -0.3 is 14.2 Å². The highest BCUT2D eigenvalue weighted by Crippen LogP contribution is 2.45. The molecule has 0 aromatic heterocycles. The number of carbonyl (C=O) groups is 1. The molecule has 2 unspecified atom stereocenters. The van der Waals surface area contributed by atoms with Crippen LogP contribution in [0.15, 0.2) is 48.5 Å². The van der Waals surface area contributed by atoms with Gasteiger partial charge in [-0.1, -0.05) is 55.0 Å². The Morgan fingerprint density at radius 1 is 0.871 bits per heavy atom. The van der Waals surface area contributed by atoms with E-state index >= 15 is 0 Å². The Labute approximate surface area is 185 Å². The van der Waals surface area contributed by atoms with Gasteiger partial charge in [-0.05, 0) is 41.5 Å². The van der Waals surface area contributed by atoms with Crippen LogP contribution in [0, 0.1) is 0 Å². The molecule has 1 fully saturated rings. The van der Waals surface area contributed by atoms with E-state index in [0.717, 1.165) is 61.0 Å². The molecular formula is C26H33NO4. The van der Waals surface area contributed by atoms with Crippen molar-refractivity contribution in [2.45, 2.75) is 43.7 Å². The molecule has 2 atom stereocenters. The Kier molecular flexibility index (Phi) is 7.38. The van der Waals surface area contributed by atoms with Gasteiger partial charge in [0.2, 0.25) is 0 Å². The maximum absolute atomic E-state index is 13.5. The van der Waals surface area contributed by atoms with Crippen molar-refractivity contribution in [1.29, 1.82) is 0 Å². The average molecular weight is 424 g/mol. The molecule has 2 aliphatic rings. The number of hydrogen-bond acceptors (Lipinski definition) is 5. The summed E-state index contributed by atoms with van der Waals surface area (Å²) in [6, 6.07) is 16.6. The molecule has 0 radical (unpaired) electrons. The van der Waals surface area contributed by atoms with Gasteiger partial charge in [-0.25, -0.2) is 0 Å². The molecular weight excluding hydrogens is 390 g/mol. The summed E-state index contributed by atoms with van der Waals surface area (Å²) < 4.78 is 16.9. The first-order chi connectivity index (χ1) is 15.2. The van der Waals surface area contributed by atoms with Crippen LogP contribution in [0.2, 0.25) is 0 Å². The monoisotopic (exact) mass is 423 g/mol. The summed E-state index contributed by atoms with van der Waals surface area (Å²) in [4.78, 5) is 15.9. The predicted octanol–water partition coefficient (Wildman–Crippen LogP) is 4.25. The lowest BCUT2D eigenvalue weighted by atomic mass is 9.90. The van der Waals surface area contributed by atoms with E-state index in [-0.39, 0.29) is 24.0 Å². The number of benzene rings is 2. The van der Waals surface area contributed by atoms with Gasteiger partial charge in [-0.3, -0.25) is 9.69 Å². The van der Waals surface area contributed by atoms with Crippen LogP contribution in [0.4, 0.5) is 0 Å². The van der Waals surface area contributed by atoms with Gasteiger partial charge in [0.15, 0.2) is 0 Å². The summed E-state index contributed by atoms with van der Waals surface area (Å²) in [6.07, 6.45) is 4.08. The first-order valence-electron chi connectivity index (χ1n) is 11.3. The lowest BCUT2D eigenvalue weighted by molar-refractivity contribution is -0.155. The van der Waals surface area contributed by atoms with Crippen molar-refractivity contribution in [1.82, 2.24) is 4.90 Å². The van der Waals surface area contributed by atoms with Crippen LogP contribution in [0.1, 0.15) is 42.7 Å². The minimum absolute atomic E-state index is 0.102. The number of hydrogen-bond donors (Lipinski definition) is 0. The zero-order valence-corrected chi connectivity index (χ0v) is 18.6. The molecule has 5 nitrogen and oxygen atoms in total. The summed E-state index contributed by atoms with van der Waals surface area (Å²) in [5.41, 5.74) is 4.39.